The number of aromatic amines is 1. The first-order valence-electron chi connectivity index (χ1n) is 9.61. The SMILES string of the molecule is CC1=CC(c2ncc(-c3ccc4cc(Br)ccc4c3)[nH]2)N(C(=O)OC(C)(C)C)C1. The summed E-state index contributed by atoms with van der Waals surface area (Å²) in [5.41, 5.74) is 2.56. The van der Waals surface area contributed by atoms with Gasteiger partial charge in [0.1, 0.15) is 17.5 Å². The van der Waals surface area contributed by atoms with E-state index in [-0.39, 0.29) is 12.1 Å². The van der Waals surface area contributed by atoms with Crippen LogP contribution in [0.1, 0.15) is 39.6 Å². The number of nitrogens with one attached hydrogen (secondary N) is 1. The molecule has 150 valence electrons. The van der Waals surface area contributed by atoms with Crippen LogP contribution in [0.25, 0.3) is 22.0 Å². The van der Waals surface area contributed by atoms with Gasteiger partial charge in [0, 0.05) is 16.6 Å². The number of halogens is 1. The summed E-state index contributed by atoms with van der Waals surface area (Å²) in [5.74, 6) is 0.735. The van der Waals surface area contributed by atoms with E-state index in [1.165, 1.54) is 5.39 Å². The van der Waals surface area contributed by atoms with Crippen molar-refractivity contribution in [1.82, 2.24) is 14.9 Å². The van der Waals surface area contributed by atoms with Crippen LogP contribution < -0.4 is 0 Å². The highest BCUT2D eigenvalue weighted by Gasteiger charge is 2.33. The number of imidazole rings is 1. The standard InChI is InChI=1S/C23H24BrN3O2/c1-14-9-20(27(13-14)22(28)29-23(2,3)4)21-25-12-19(26-21)17-6-5-16-11-18(24)8-7-15(16)10-17/h5-12,20H,13H2,1-4H3,(H,25,26). The lowest BCUT2D eigenvalue weighted by Crippen LogP contribution is -2.37. The van der Waals surface area contributed by atoms with Crippen molar-refractivity contribution in [3.05, 3.63) is 64.5 Å². The first-order valence-corrected chi connectivity index (χ1v) is 10.4. The van der Waals surface area contributed by atoms with E-state index >= 15 is 0 Å². The third kappa shape index (κ3) is 4.22. The minimum Gasteiger partial charge on any atom is -0.444 e. The van der Waals surface area contributed by atoms with Crippen molar-refractivity contribution >= 4 is 32.8 Å². The van der Waals surface area contributed by atoms with Gasteiger partial charge >= 0.3 is 6.09 Å². The fourth-order valence-electron chi connectivity index (χ4n) is 3.52. The molecule has 1 unspecified atom stereocenters. The molecule has 1 amide bonds. The Labute approximate surface area is 178 Å². The van der Waals surface area contributed by atoms with Crippen molar-refractivity contribution in [3.63, 3.8) is 0 Å². The van der Waals surface area contributed by atoms with Crippen LogP contribution in [0.5, 0.6) is 0 Å². The number of fused-ring (bicyclic) bond motifs is 1. The molecule has 1 aliphatic rings. The molecule has 0 saturated carbocycles. The Bertz CT molecular complexity index is 1110. The van der Waals surface area contributed by atoms with Crippen LogP contribution in [-0.4, -0.2) is 33.1 Å². The van der Waals surface area contributed by atoms with E-state index in [4.69, 9.17) is 4.74 Å². The number of H-pyrrole nitrogens is 1. The Morgan fingerprint density at radius 1 is 1.21 bits per heavy atom. The van der Waals surface area contributed by atoms with E-state index in [1.807, 2.05) is 40.0 Å². The molecule has 0 radical (unpaired) electrons. The third-order valence-corrected chi connectivity index (χ3v) is 5.31. The fourth-order valence-corrected chi connectivity index (χ4v) is 3.90. The summed E-state index contributed by atoms with van der Waals surface area (Å²) in [4.78, 5) is 22.4. The van der Waals surface area contributed by atoms with Gasteiger partial charge in [-0.3, -0.25) is 4.90 Å². The molecular weight excluding hydrogens is 430 g/mol. The van der Waals surface area contributed by atoms with Crippen molar-refractivity contribution in [1.29, 1.82) is 0 Å². The predicted molar refractivity (Wildman–Crippen MR) is 119 cm³/mol. The summed E-state index contributed by atoms with van der Waals surface area (Å²) in [5, 5.41) is 2.34. The lowest BCUT2D eigenvalue weighted by atomic mass is 10.1. The number of aromatic nitrogens is 2. The van der Waals surface area contributed by atoms with Crippen LogP contribution in [0.2, 0.25) is 0 Å². The van der Waals surface area contributed by atoms with Gasteiger partial charge in [-0.05, 0) is 56.7 Å². The van der Waals surface area contributed by atoms with Crippen molar-refractivity contribution < 1.29 is 9.53 Å². The Kier molecular flexibility index (Phi) is 4.99. The van der Waals surface area contributed by atoms with Gasteiger partial charge in [0.05, 0.1) is 11.9 Å². The Morgan fingerprint density at radius 3 is 2.69 bits per heavy atom. The minimum absolute atomic E-state index is 0.255. The number of carbonyl (C=O) groups is 1. The normalized spacial score (nSPS) is 16.9. The molecule has 1 aromatic heterocycles. The molecule has 0 fully saturated rings. The largest absolute Gasteiger partial charge is 0.444 e. The summed E-state index contributed by atoms with van der Waals surface area (Å²) in [6, 6.07) is 12.3. The third-order valence-electron chi connectivity index (χ3n) is 4.81. The van der Waals surface area contributed by atoms with Gasteiger partial charge in [-0.2, -0.15) is 0 Å². The second-order valence-corrected chi connectivity index (χ2v) is 9.37. The zero-order chi connectivity index (χ0) is 20.8. The highest BCUT2D eigenvalue weighted by molar-refractivity contribution is 9.10. The molecular formula is C23H24BrN3O2. The van der Waals surface area contributed by atoms with Crippen LogP contribution in [0, 0.1) is 0 Å². The number of nitrogens with zero attached hydrogens (tertiary/aromatic N) is 2. The number of ether oxygens (including phenoxy) is 1. The summed E-state index contributed by atoms with van der Waals surface area (Å²) >= 11 is 3.51. The van der Waals surface area contributed by atoms with Gasteiger partial charge < -0.3 is 9.72 Å². The average molecular weight is 454 g/mol. The van der Waals surface area contributed by atoms with Crippen molar-refractivity contribution in [3.8, 4) is 11.3 Å². The molecule has 29 heavy (non-hydrogen) atoms. The molecule has 0 bridgehead atoms. The first-order chi connectivity index (χ1) is 13.7. The maximum Gasteiger partial charge on any atom is 0.411 e. The van der Waals surface area contributed by atoms with E-state index in [1.54, 1.807) is 4.90 Å². The van der Waals surface area contributed by atoms with Crippen molar-refractivity contribution in [2.75, 3.05) is 6.54 Å². The number of rotatable bonds is 2. The second kappa shape index (κ2) is 7.34. The first kappa shape index (κ1) is 19.7. The molecule has 0 spiro atoms. The molecule has 0 saturated heterocycles. The van der Waals surface area contributed by atoms with Gasteiger partial charge in [0.25, 0.3) is 0 Å². The summed E-state index contributed by atoms with van der Waals surface area (Å²) < 4.78 is 6.64. The summed E-state index contributed by atoms with van der Waals surface area (Å²) in [6.45, 7) is 8.18. The zero-order valence-electron chi connectivity index (χ0n) is 17.0. The van der Waals surface area contributed by atoms with E-state index in [2.05, 4.69) is 62.3 Å². The Morgan fingerprint density at radius 2 is 1.93 bits per heavy atom. The van der Waals surface area contributed by atoms with Crippen molar-refractivity contribution in [2.24, 2.45) is 0 Å². The summed E-state index contributed by atoms with van der Waals surface area (Å²) in [7, 11) is 0. The quantitative estimate of drug-likeness (QED) is 0.467. The molecule has 4 rings (SSSR count). The second-order valence-electron chi connectivity index (χ2n) is 8.45. The van der Waals surface area contributed by atoms with Gasteiger partial charge in [-0.1, -0.05) is 45.8 Å². The van der Waals surface area contributed by atoms with Crippen LogP contribution in [0.15, 0.2) is 58.7 Å². The number of hydrogen-bond donors (Lipinski definition) is 1. The number of amides is 1. The van der Waals surface area contributed by atoms with Crippen LogP contribution in [0.3, 0.4) is 0 Å². The molecule has 1 aliphatic heterocycles. The maximum absolute atomic E-state index is 12.7. The molecule has 1 atom stereocenters. The average Bonchev–Trinajstić information content (AvgIpc) is 3.26. The number of hydrogen-bond acceptors (Lipinski definition) is 3. The molecule has 2 aromatic carbocycles. The van der Waals surface area contributed by atoms with Gasteiger partial charge in [-0.15, -0.1) is 0 Å². The van der Waals surface area contributed by atoms with E-state index in [0.29, 0.717) is 6.54 Å². The predicted octanol–water partition coefficient (Wildman–Crippen LogP) is 6.23. The summed E-state index contributed by atoms with van der Waals surface area (Å²) in [6.07, 6.45) is 3.55. The van der Waals surface area contributed by atoms with Gasteiger partial charge in [0.15, 0.2) is 0 Å². The van der Waals surface area contributed by atoms with E-state index < -0.39 is 5.60 Å². The van der Waals surface area contributed by atoms with Crippen LogP contribution in [0.4, 0.5) is 4.79 Å². The van der Waals surface area contributed by atoms with Gasteiger partial charge in [0.2, 0.25) is 0 Å². The smallest absolute Gasteiger partial charge is 0.411 e. The Hall–Kier alpha value is -2.60. The van der Waals surface area contributed by atoms with Crippen LogP contribution >= 0.6 is 15.9 Å². The lowest BCUT2D eigenvalue weighted by Gasteiger charge is -2.27. The molecule has 6 heteroatoms. The molecule has 2 heterocycles. The van der Waals surface area contributed by atoms with E-state index in [0.717, 1.165) is 32.5 Å². The molecule has 3 aromatic rings. The molecule has 0 aliphatic carbocycles. The van der Waals surface area contributed by atoms with Crippen LogP contribution in [-0.2, 0) is 4.74 Å². The Balaban J connectivity index is 1.62. The zero-order valence-corrected chi connectivity index (χ0v) is 18.6. The monoisotopic (exact) mass is 453 g/mol. The minimum atomic E-state index is -0.535. The molecule has 1 N–H and O–H groups in total. The van der Waals surface area contributed by atoms with Gasteiger partial charge in [-0.25, -0.2) is 9.78 Å². The highest BCUT2D eigenvalue weighted by atomic mass is 79.9. The molecule has 5 nitrogen and oxygen atoms in total. The lowest BCUT2D eigenvalue weighted by molar-refractivity contribution is 0.0233. The fraction of sp³-hybridized carbons (Fsp3) is 0.304. The van der Waals surface area contributed by atoms with Crippen molar-refractivity contribution in [2.45, 2.75) is 39.3 Å². The number of benzene rings is 2. The topological polar surface area (TPSA) is 58.2 Å². The maximum atomic E-state index is 12.7. The van der Waals surface area contributed by atoms with E-state index in [9.17, 15) is 4.79 Å². The highest BCUT2D eigenvalue weighted by Crippen LogP contribution is 2.32. The number of carbonyl (C=O) groups excluding carboxylic acids is 1.